The van der Waals surface area contributed by atoms with Gasteiger partial charge in [-0.1, -0.05) is 73.9 Å². The molecule has 0 bridgehead atoms. The number of carboxylic acids is 2. The van der Waals surface area contributed by atoms with Gasteiger partial charge in [-0.25, -0.2) is 4.79 Å². The highest BCUT2D eigenvalue weighted by molar-refractivity contribution is 6.00. The summed E-state index contributed by atoms with van der Waals surface area (Å²) in [5, 5.41) is 70.9. The van der Waals surface area contributed by atoms with Gasteiger partial charge in [0.1, 0.15) is 78.3 Å². The molecule has 0 aliphatic rings. The first-order valence-electron chi connectivity index (χ1n) is 35.9. The Morgan fingerprint density at radius 1 is 0.356 bits per heavy atom. The molecule has 0 fully saturated rings. The third-order valence-corrected chi connectivity index (χ3v) is 17.0. The highest BCUT2D eigenvalue weighted by atomic mass is 16.4. The molecule has 0 heterocycles. The second-order valence-electron chi connectivity index (χ2n) is 27.8. The van der Waals surface area contributed by atoms with Crippen molar-refractivity contribution in [1.29, 1.82) is 0 Å². The first-order valence-corrected chi connectivity index (χ1v) is 35.9. The standard InChI is InChI=1S/C69H121N17O18/c1-36(2)34-50(65(99)85-55(39(7)8)69(103)104)81-62(96)49(28-29-52(89)90)80-64(98)51(35-43-24-26-44(88)27-25-43)82-68(102)56(42(11)87)86-58(92)41(10)75-57(91)40(9)76-66(100)53(37(3)4)84-67(101)54(38(5)6)83-63(97)48(23-15-19-33-73)79-61(95)47(22-14-18-32-72)78-60(94)46(21-13-17-31-71)77-59(93)45(74)20-12-16-30-70/h24-27,36-42,45-51,53-56,87-88H,12-23,28-35,70-74H2,1-11H3,(H,75,91)(H,76,100)(H,77,93)(H,78,94)(H,79,95)(H,80,98)(H,81,96)(H,82,102)(H,83,97)(H,84,101)(H,85,99)(H,86,92)(H,89,90)(H,103,104)/t40-,41-,42+,45-,46-,47-,48-,49-,50-,51-,53-,54-,55-,56-/m0/s1. The average Bonchev–Trinajstić information content (AvgIpc) is 0.852. The van der Waals surface area contributed by atoms with Crippen molar-refractivity contribution >= 4 is 82.8 Å². The molecule has 26 N–H and O–H groups in total. The van der Waals surface area contributed by atoms with Crippen molar-refractivity contribution in [2.24, 2.45) is 52.3 Å². The number of hydrogen-bond donors (Lipinski definition) is 21. The Bertz CT molecular complexity index is 2940. The minimum Gasteiger partial charge on any atom is -0.508 e. The molecule has 1 aromatic rings. The number of phenols is 1. The second-order valence-corrected chi connectivity index (χ2v) is 27.8. The van der Waals surface area contributed by atoms with Crippen LogP contribution in [0, 0.1) is 23.7 Å². The van der Waals surface area contributed by atoms with E-state index in [0.717, 1.165) is 6.92 Å². The van der Waals surface area contributed by atoms with Gasteiger partial charge in [0.25, 0.3) is 0 Å². The van der Waals surface area contributed by atoms with Crippen LogP contribution in [0.4, 0.5) is 0 Å². The molecule has 0 spiro atoms. The maximum absolute atomic E-state index is 14.3. The SMILES string of the molecule is CC(C)C[C@H](NC(=O)[C@H](CCC(=O)O)NC(=O)[C@H](Cc1ccc(O)cc1)NC(=O)[C@@H](NC(=O)[C@H](C)NC(=O)[C@H](C)NC(=O)[C@@H](NC(=O)[C@@H](NC(=O)[C@H](CCCCN)NC(=O)[C@H](CCCCN)NC(=O)[C@H](CCCCN)NC(=O)[C@@H](N)CCCCN)C(C)C)C(C)C)[C@@H](C)O)C(=O)N[C@H](C(=O)O)C(C)C. The van der Waals surface area contributed by atoms with Crippen molar-refractivity contribution in [2.75, 3.05) is 26.2 Å². The van der Waals surface area contributed by atoms with Crippen LogP contribution < -0.4 is 92.5 Å². The maximum Gasteiger partial charge on any atom is 0.326 e. The van der Waals surface area contributed by atoms with E-state index in [2.05, 4.69) is 63.8 Å². The topological polar surface area (TPSA) is 594 Å². The quantitative estimate of drug-likeness (QED) is 0.0289. The summed E-state index contributed by atoms with van der Waals surface area (Å²) in [6.45, 7) is 17.9. The van der Waals surface area contributed by atoms with Crippen LogP contribution in [0.25, 0.3) is 0 Å². The molecule has 14 atom stereocenters. The number of nitrogens with two attached hydrogens (primary N) is 5. The second kappa shape index (κ2) is 49.1. The van der Waals surface area contributed by atoms with Crippen LogP contribution in [0.15, 0.2) is 24.3 Å². The Morgan fingerprint density at radius 2 is 0.673 bits per heavy atom. The molecule has 35 nitrogen and oxygen atoms in total. The highest BCUT2D eigenvalue weighted by Gasteiger charge is 2.39. The van der Waals surface area contributed by atoms with Crippen LogP contribution in [0.5, 0.6) is 5.75 Å². The van der Waals surface area contributed by atoms with Crippen molar-refractivity contribution in [3.8, 4) is 5.75 Å². The largest absolute Gasteiger partial charge is 0.508 e. The lowest BCUT2D eigenvalue weighted by Gasteiger charge is -2.30. The molecule has 12 amide bonds. The van der Waals surface area contributed by atoms with Crippen molar-refractivity contribution in [2.45, 2.75) is 264 Å². The number of carbonyl (C=O) groups excluding carboxylic acids is 12. The zero-order chi connectivity index (χ0) is 79.1. The zero-order valence-corrected chi connectivity index (χ0v) is 62.2. The van der Waals surface area contributed by atoms with Crippen LogP contribution in [0.2, 0.25) is 0 Å². The fourth-order valence-corrected chi connectivity index (χ4v) is 10.7. The Labute approximate surface area is 609 Å². The van der Waals surface area contributed by atoms with Gasteiger partial charge in [-0.2, -0.15) is 0 Å². The van der Waals surface area contributed by atoms with Crippen molar-refractivity contribution in [3.05, 3.63) is 29.8 Å². The van der Waals surface area contributed by atoms with Crippen LogP contribution >= 0.6 is 0 Å². The van der Waals surface area contributed by atoms with Crippen LogP contribution in [0.1, 0.15) is 178 Å². The lowest BCUT2D eigenvalue weighted by Crippen LogP contribution is -2.62. The van der Waals surface area contributed by atoms with E-state index in [4.69, 9.17) is 28.7 Å². The Morgan fingerprint density at radius 3 is 1.08 bits per heavy atom. The summed E-state index contributed by atoms with van der Waals surface area (Å²) in [7, 11) is 0. The predicted molar refractivity (Wildman–Crippen MR) is 386 cm³/mol. The Hall–Kier alpha value is -8.64. The number of hydrogen-bond acceptors (Lipinski definition) is 21. The number of carbonyl (C=O) groups is 14. The lowest BCUT2D eigenvalue weighted by molar-refractivity contribution is -0.143. The van der Waals surface area contributed by atoms with Gasteiger partial charge in [0.05, 0.1) is 12.1 Å². The van der Waals surface area contributed by atoms with Gasteiger partial charge in [-0.15, -0.1) is 0 Å². The number of unbranched alkanes of at least 4 members (excludes halogenated alkanes) is 4. The number of carboxylic acid groups (broad SMARTS) is 2. The molecule has 0 saturated carbocycles. The van der Waals surface area contributed by atoms with E-state index in [1.54, 1.807) is 55.4 Å². The molecule has 35 heteroatoms. The molecule has 0 saturated heterocycles. The highest BCUT2D eigenvalue weighted by Crippen LogP contribution is 2.16. The van der Waals surface area contributed by atoms with Crippen molar-refractivity contribution in [3.63, 3.8) is 0 Å². The summed E-state index contributed by atoms with van der Waals surface area (Å²) < 4.78 is 0. The molecule has 0 aliphatic heterocycles. The first-order chi connectivity index (χ1) is 48.8. The predicted octanol–water partition coefficient (Wildman–Crippen LogP) is -3.02. The van der Waals surface area contributed by atoms with Gasteiger partial charge >= 0.3 is 11.9 Å². The summed E-state index contributed by atoms with van der Waals surface area (Å²) in [4.78, 5) is 191. The Kier molecular flexibility index (Phi) is 44.1. The normalized spacial score (nSPS) is 15.4. The van der Waals surface area contributed by atoms with E-state index in [0.29, 0.717) is 76.4 Å². The molecular formula is C69H121N17O18. The fourth-order valence-electron chi connectivity index (χ4n) is 10.7. The zero-order valence-electron chi connectivity index (χ0n) is 62.2. The summed E-state index contributed by atoms with van der Waals surface area (Å²) in [5.74, 6) is -15.5. The van der Waals surface area contributed by atoms with Gasteiger partial charge in [0.2, 0.25) is 70.9 Å². The molecule has 0 aromatic heterocycles. The van der Waals surface area contributed by atoms with Crippen LogP contribution in [-0.4, -0.2) is 214 Å². The van der Waals surface area contributed by atoms with E-state index in [1.807, 2.05) is 0 Å². The summed E-state index contributed by atoms with van der Waals surface area (Å²) in [5.41, 5.74) is 29.4. The number of aliphatic carboxylic acids is 2. The maximum atomic E-state index is 14.3. The first kappa shape index (κ1) is 93.4. The third-order valence-electron chi connectivity index (χ3n) is 17.0. The minimum atomic E-state index is -1.85. The minimum absolute atomic E-state index is 0.00798. The average molecular weight is 1480 g/mol. The summed E-state index contributed by atoms with van der Waals surface area (Å²) in [6, 6.07) is -12.6. The van der Waals surface area contributed by atoms with Gasteiger partial charge in [0, 0.05) is 12.8 Å². The van der Waals surface area contributed by atoms with Gasteiger partial charge in [-0.3, -0.25) is 62.3 Å². The summed E-state index contributed by atoms with van der Waals surface area (Å²) in [6.07, 6.45) is 1.32. The number of aliphatic hydroxyl groups is 1. The Balaban J connectivity index is 3.42. The molecule has 1 rings (SSSR count). The number of benzene rings is 1. The molecule has 0 radical (unpaired) electrons. The van der Waals surface area contributed by atoms with E-state index in [1.165, 1.54) is 38.1 Å². The lowest BCUT2D eigenvalue weighted by atomic mass is 9.98. The number of rotatable bonds is 52. The number of phenolic OH excluding ortho intramolecular Hbond substituents is 1. The molecule has 1 aromatic carbocycles. The monoisotopic (exact) mass is 1480 g/mol. The van der Waals surface area contributed by atoms with E-state index in [-0.39, 0.29) is 56.9 Å². The summed E-state index contributed by atoms with van der Waals surface area (Å²) >= 11 is 0. The van der Waals surface area contributed by atoms with Crippen molar-refractivity contribution < 1.29 is 87.5 Å². The number of aliphatic hydroxyl groups excluding tert-OH is 1. The smallest absolute Gasteiger partial charge is 0.326 e. The van der Waals surface area contributed by atoms with Crippen LogP contribution in [-0.2, 0) is 73.5 Å². The van der Waals surface area contributed by atoms with Crippen LogP contribution in [0.3, 0.4) is 0 Å². The molecule has 104 heavy (non-hydrogen) atoms. The van der Waals surface area contributed by atoms with Gasteiger partial charge in [0.15, 0.2) is 0 Å². The van der Waals surface area contributed by atoms with E-state index in [9.17, 15) is 87.5 Å². The number of amides is 12. The fraction of sp³-hybridized carbons (Fsp3) is 0.710. The molecule has 0 aliphatic carbocycles. The van der Waals surface area contributed by atoms with Gasteiger partial charge in [-0.05, 0) is 172 Å². The van der Waals surface area contributed by atoms with E-state index >= 15 is 0 Å². The van der Waals surface area contributed by atoms with Crippen molar-refractivity contribution in [1.82, 2.24) is 63.8 Å². The third kappa shape index (κ3) is 35.2. The number of nitrogens with one attached hydrogen (secondary N) is 12. The molecule has 0 unspecified atom stereocenters. The number of aromatic hydroxyl groups is 1. The molecular weight excluding hydrogens is 1350 g/mol. The molecule has 590 valence electrons. The van der Waals surface area contributed by atoms with Gasteiger partial charge < -0.3 is 113 Å². The van der Waals surface area contributed by atoms with E-state index < -0.39 is 198 Å².